The molecule has 0 saturated carbocycles. The van der Waals surface area contributed by atoms with Crippen molar-refractivity contribution in [2.24, 2.45) is 0 Å². The van der Waals surface area contributed by atoms with E-state index >= 15 is 0 Å². The third-order valence-electron chi connectivity index (χ3n) is 3.64. The molecule has 7 nitrogen and oxygen atoms in total. The number of sulfonamides is 1. The summed E-state index contributed by atoms with van der Waals surface area (Å²) < 4.78 is 27.4. The zero-order valence-corrected chi connectivity index (χ0v) is 17.0. The summed E-state index contributed by atoms with van der Waals surface area (Å²) in [5.74, 6) is -0.460. The number of rotatable bonds is 7. The minimum Gasteiger partial charge on any atom is -0.352 e. The third-order valence-corrected chi connectivity index (χ3v) is 6.23. The maximum atomic E-state index is 12.4. The summed E-state index contributed by atoms with van der Waals surface area (Å²) in [5.41, 5.74) is 1.13. The van der Waals surface area contributed by atoms with Gasteiger partial charge in [0.25, 0.3) is 5.91 Å². The van der Waals surface area contributed by atoms with E-state index in [2.05, 4.69) is 10.4 Å². The van der Waals surface area contributed by atoms with Crippen LogP contribution < -0.4 is 5.32 Å². The molecule has 2 rings (SSSR count). The first-order valence-corrected chi connectivity index (χ1v) is 10.0. The van der Waals surface area contributed by atoms with Crippen molar-refractivity contribution in [2.45, 2.75) is 24.8 Å². The van der Waals surface area contributed by atoms with Gasteiger partial charge >= 0.3 is 0 Å². The first kappa shape index (κ1) is 20.7. The molecule has 0 aliphatic rings. The van der Waals surface area contributed by atoms with E-state index in [4.69, 9.17) is 23.2 Å². The summed E-state index contributed by atoms with van der Waals surface area (Å²) in [4.78, 5) is 12.2. The van der Waals surface area contributed by atoms with E-state index in [-0.39, 0.29) is 20.5 Å². The van der Waals surface area contributed by atoms with Crippen molar-refractivity contribution in [2.75, 3.05) is 20.6 Å². The number of carbonyl (C=O) groups is 1. The molecule has 0 aliphatic heterocycles. The summed E-state index contributed by atoms with van der Waals surface area (Å²) in [6.07, 6.45) is 4.34. The number of nitrogens with one attached hydrogen (secondary N) is 1. The van der Waals surface area contributed by atoms with Crippen molar-refractivity contribution in [3.8, 4) is 0 Å². The van der Waals surface area contributed by atoms with Crippen molar-refractivity contribution in [1.29, 1.82) is 0 Å². The maximum absolute atomic E-state index is 12.4. The van der Waals surface area contributed by atoms with Crippen LogP contribution in [0.5, 0.6) is 0 Å². The highest BCUT2D eigenvalue weighted by Gasteiger charge is 2.24. The molecule has 0 spiro atoms. The number of hydrogen-bond donors (Lipinski definition) is 1. The third kappa shape index (κ3) is 4.76. The monoisotopic (exact) mass is 418 g/mol. The molecule has 26 heavy (non-hydrogen) atoms. The Labute approximate surface area is 162 Å². The van der Waals surface area contributed by atoms with Gasteiger partial charge in [0.2, 0.25) is 10.0 Å². The molecule has 1 aromatic heterocycles. The van der Waals surface area contributed by atoms with E-state index in [9.17, 15) is 13.2 Å². The summed E-state index contributed by atoms with van der Waals surface area (Å²) in [6.45, 7) is 3.00. The number of carbonyl (C=O) groups excluding carboxylic acids is 1. The van der Waals surface area contributed by atoms with Crippen molar-refractivity contribution in [3.05, 3.63) is 45.7 Å². The van der Waals surface area contributed by atoms with Crippen LogP contribution in [0, 0.1) is 6.92 Å². The Kier molecular flexibility index (Phi) is 6.68. The summed E-state index contributed by atoms with van der Waals surface area (Å²) in [5, 5.41) is 6.95. The minimum absolute atomic E-state index is 0.0331. The Morgan fingerprint density at radius 2 is 1.96 bits per heavy atom. The standard InChI is InChI=1S/C16H20Cl2N4O3S/c1-11-9-20-22(10-11)6-4-5-19-16(23)12-7-15(14(18)8-13(12)17)26(24,25)21(2)3/h7-10H,4-6H2,1-3H3,(H,19,23). The SMILES string of the molecule is Cc1cnn(CCCNC(=O)c2cc(S(=O)(=O)N(C)C)c(Cl)cc2Cl)c1. The molecule has 0 bridgehead atoms. The van der Waals surface area contributed by atoms with Gasteiger partial charge in [-0.15, -0.1) is 0 Å². The number of nitrogens with zero attached hydrogens (tertiary/aromatic N) is 3. The Balaban J connectivity index is 2.08. The highest BCUT2D eigenvalue weighted by molar-refractivity contribution is 7.89. The number of hydrogen-bond acceptors (Lipinski definition) is 4. The normalized spacial score (nSPS) is 11.8. The lowest BCUT2D eigenvalue weighted by molar-refractivity contribution is 0.0952. The average molecular weight is 419 g/mol. The van der Waals surface area contributed by atoms with Gasteiger partial charge in [0.05, 0.1) is 21.8 Å². The van der Waals surface area contributed by atoms with Gasteiger partial charge in [-0.2, -0.15) is 5.10 Å². The summed E-state index contributed by atoms with van der Waals surface area (Å²) in [7, 11) is -1.02. The Bertz CT molecular complexity index is 910. The number of amides is 1. The van der Waals surface area contributed by atoms with E-state index in [0.29, 0.717) is 19.5 Å². The highest BCUT2D eigenvalue weighted by Crippen LogP contribution is 2.30. The van der Waals surface area contributed by atoms with Crippen molar-refractivity contribution < 1.29 is 13.2 Å². The van der Waals surface area contributed by atoms with Crippen LogP contribution in [0.15, 0.2) is 29.4 Å². The van der Waals surface area contributed by atoms with Gasteiger partial charge in [0, 0.05) is 33.4 Å². The molecule has 0 unspecified atom stereocenters. The topological polar surface area (TPSA) is 84.3 Å². The Morgan fingerprint density at radius 3 is 2.54 bits per heavy atom. The number of halogens is 2. The maximum Gasteiger partial charge on any atom is 0.252 e. The van der Waals surface area contributed by atoms with Crippen LogP contribution in [-0.2, 0) is 16.6 Å². The van der Waals surface area contributed by atoms with E-state index in [1.165, 1.54) is 26.2 Å². The Morgan fingerprint density at radius 1 is 1.27 bits per heavy atom. The van der Waals surface area contributed by atoms with Crippen LogP contribution >= 0.6 is 23.2 Å². The molecular formula is C16H20Cl2N4O3S. The van der Waals surface area contributed by atoms with Gasteiger partial charge in [0.1, 0.15) is 4.90 Å². The second-order valence-corrected chi connectivity index (χ2v) is 8.87. The molecule has 1 aromatic carbocycles. The number of aromatic nitrogens is 2. The van der Waals surface area contributed by atoms with Crippen LogP contribution in [0.1, 0.15) is 22.3 Å². The second kappa shape index (κ2) is 8.39. The van der Waals surface area contributed by atoms with Crippen LogP contribution in [0.3, 0.4) is 0 Å². The number of aryl methyl sites for hydroxylation is 2. The lowest BCUT2D eigenvalue weighted by atomic mass is 10.2. The molecule has 0 saturated heterocycles. The fourth-order valence-electron chi connectivity index (χ4n) is 2.22. The molecule has 0 radical (unpaired) electrons. The predicted molar refractivity (Wildman–Crippen MR) is 101 cm³/mol. The fraction of sp³-hybridized carbons (Fsp3) is 0.375. The molecular weight excluding hydrogens is 399 g/mol. The molecule has 1 amide bonds. The minimum atomic E-state index is -3.79. The quantitative estimate of drug-likeness (QED) is 0.700. The zero-order valence-electron chi connectivity index (χ0n) is 14.7. The van der Waals surface area contributed by atoms with E-state index in [1.54, 1.807) is 10.9 Å². The van der Waals surface area contributed by atoms with E-state index in [1.807, 2.05) is 13.1 Å². The van der Waals surface area contributed by atoms with Crippen LogP contribution in [0.4, 0.5) is 0 Å². The van der Waals surface area contributed by atoms with Gasteiger partial charge in [-0.25, -0.2) is 12.7 Å². The molecule has 1 N–H and O–H groups in total. The second-order valence-electron chi connectivity index (χ2n) is 5.94. The first-order chi connectivity index (χ1) is 12.1. The van der Waals surface area contributed by atoms with Crippen molar-refractivity contribution in [1.82, 2.24) is 19.4 Å². The van der Waals surface area contributed by atoms with Crippen LogP contribution in [-0.4, -0.2) is 49.1 Å². The van der Waals surface area contributed by atoms with Gasteiger partial charge in [-0.1, -0.05) is 23.2 Å². The van der Waals surface area contributed by atoms with Crippen LogP contribution in [0.2, 0.25) is 10.0 Å². The van der Waals surface area contributed by atoms with Gasteiger partial charge in [0.15, 0.2) is 0 Å². The largest absolute Gasteiger partial charge is 0.352 e. The molecule has 0 aliphatic carbocycles. The molecule has 1 heterocycles. The van der Waals surface area contributed by atoms with Crippen molar-refractivity contribution in [3.63, 3.8) is 0 Å². The van der Waals surface area contributed by atoms with Gasteiger partial charge in [-0.05, 0) is 31.0 Å². The molecule has 142 valence electrons. The first-order valence-electron chi connectivity index (χ1n) is 7.81. The van der Waals surface area contributed by atoms with Gasteiger partial charge in [-0.3, -0.25) is 9.48 Å². The van der Waals surface area contributed by atoms with E-state index < -0.39 is 15.9 Å². The number of benzene rings is 1. The molecule has 0 fully saturated rings. The van der Waals surface area contributed by atoms with Crippen LogP contribution in [0.25, 0.3) is 0 Å². The predicted octanol–water partition coefficient (Wildman–Crippen LogP) is 2.57. The lowest BCUT2D eigenvalue weighted by Gasteiger charge is -2.15. The molecule has 2 aromatic rings. The highest BCUT2D eigenvalue weighted by atomic mass is 35.5. The summed E-state index contributed by atoms with van der Waals surface area (Å²) in [6, 6.07) is 2.47. The lowest BCUT2D eigenvalue weighted by Crippen LogP contribution is -2.27. The summed E-state index contributed by atoms with van der Waals surface area (Å²) >= 11 is 12.1. The Hall–Kier alpha value is -1.61. The van der Waals surface area contributed by atoms with Gasteiger partial charge < -0.3 is 5.32 Å². The fourth-order valence-corrected chi connectivity index (χ4v) is 3.95. The van der Waals surface area contributed by atoms with E-state index in [0.717, 1.165) is 9.87 Å². The smallest absolute Gasteiger partial charge is 0.252 e. The molecule has 10 heteroatoms. The molecule has 0 atom stereocenters. The zero-order chi connectivity index (χ0) is 19.5. The van der Waals surface area contributed by atoms with Crippen molar-refractivity contribution >= 4 is 39.1 Å². The average Bonchev–Trinajstić information content (AvgIpc) is 2.96.